The molecule has 0 radical (unpaired) electrons. The summed E-state index contributed by atoms with van der Waals surface area (Å²) in [6.07, 6.45) is 1.88. The van der Waals surface area contributed by atoms with Gasteiger partial charge in [0.05, 0.1) is 15.9 Å². The highest BCUT2D eigenvalue weighted by atomic mass is 32.2. The van der Waals surface area contributed by atoms with Crippen molar-refractivity contribution in [2.75, 3.05) is 5.75 Å². The van der Waals surface area contributed by atoms with E-state index in [1.54, 1.807) is 0 Å². The Labute approximate surface area is 248 Å². The van der Waals surface area contributed by atoms with Crippen molar-refractivity contribution in [2.45, 2.75) is 47.8 Å². The van der Waals surface area contributed by atoms with E-state index in [0.29, 0.717) is 12.8 Å². The first-order valence-corrected chi connectivity index (χ1v) is 15.5. The van der Waals surface area contributed by atoms with Crippen LogP contribution in [0.4, 0.5) is 0 Å². The number of phenols is 9. The van der Waals surface area contributed by atoms with Crippen LogP contribution in [0.3, 0.4) is 0 Å². The zero-order chi connectivity index (χ0) is 32.2. The van der Waals surface area contributed by atoms with Gasteiger partial charge in [0.25, 0.3) is 0 Å². The van der Waals surface area contributed by atoms with E-state index in [1.807, 2.05) is 13.8 Å². The topological polar surface area (TPSA) is 256 Å². The van der Waals surface area contributed by atoms with Gasteiger partial charge in [0.15, 0.2) is 34.5 Å². The van der Waals surface area contributed by atoms with Crippen LogP contribution >= 0.6 is 0 Å². The van der Waals surface area contributed by atoms with E-state index in [-0.39, 0.29) is 31.8 Å². The Bertz CT molecular complexity index is 1510. The van der Waals surface area contributed by atoms with Gasteiger partial charge in [-0.25, -0.2) is 8.42 Å². The fourth-order valence-electron chi connectivity index (χ4n) is 6.10. The van der Waals surface area contributed by atoms with Gasteiger partial charge in [-0.15, -0.1) is 0 Å². The predicted octanol–water partition coefficient (Wildman–Crippen LogP) is 3.06. The molecule has 0 heterocycles. The summed E-state index contributed by atoms with van der Waals surface area (Å²) in [5, 5.41) is 90.5. The molecule has 2 unspecified atom stereocenters. The SMILES string of the molecule is CC1(C)C2CCC1(CS(=O)(=O)[O-])C(=O)C2.Oc1cc(O)c([S+](c2c(O)cc(O)cc2O)c2c(O)cc(O)cc2O)c(O)c1. The van der Waals surface area contributed by atoms with Crippen LogP contribution in [0.25, 0.3) is 0 Å². The van der Waals surface area contributed by atoms with Crippen LogP contribution in [0, 0.1) is 16.7 Å². The van der Waals surface area contributed by atoms with E-state index in [2.05, 4.69) is 0 Å². The smallest absolute Gasteiger partial charge is 0.250 e. The number of ketones is 1. The summed E-state index contributed by atoms with van der Waals surface area (Å²) in [5.74, 6) is -5.74. The number of hydrogen-bond donors (Lipinski definition) is 9. The van der Waals surface area contributed by atoms with Gasteiger partial charge in [0.2, 0.25) is 14.7 Å². The molecule has 0 aromatic heterocycles. The fraction of sp³-hybridized carbons (Fsp3) is 0.321. The first kappa shape index (κ1) is 31.7. The molecule has 232 valence electrons. The third-order valence-corrected chi connectivity index (χ3v) is 11.6. The Morgan fingerprint density at radius 3 is 1.28 bits per heavy atom. The summed E-state index contributed by atoms with van der Waals surface area (Å²) in [4.78, 5) is 10.8. The number of carbonyl (C=O) groups is 1. The molecule has 5 rings (SSSR count). The normalized spacial score (nSPS) is 20.7. The molecule has 2 fully saturated rings. The highest BCUT2D eigenvalue weighted by molar-refractivity contribution is 7.97. The van der Waals surface area contributed by atoms with Crippen LogP contribution in [0.15, 0.2) is 51.1 Å². The first-order valence-electron chi connectivity index (χ1n) is 12.7. The van der Waals surface area contributed by atoms with Crippen molar-refractivity contribution < 1.29 is 63.7 Å². The number of Topliss-reactive ketones (excluding diaryl/α,β-unsaturated/α-hetero) is 1. The average molecular weight is 639 g/mol. The fourth-order valence-corrected chi connectivity index (χ4v) is 9.60. The predicted molar refractivity (Wildman–Crippen MR) is 150 cm³/mol. The number of benzene rings is 3. The molecule has 2 saturated carbocycles. The Morgan fingerprint density at radius 2 is 1.05 bits per heavy atom. The third kappa shape index (κ3) is 5.62. The van der Waals surface area contributed by atoms with Crippen molar-refractivity contribution in [1.82, 2.24) is 0 Å². The lowest BCUT2D eigenvalue weighted by Crippen LogP contribution is -2.42. The van der Waals surface area contributed by atoms with E-state index in [0.717, 1.165) is 42.8 Å². The maximum atomic E-state index is 11.8. The molecule has 2 aliphatic carbocycles. The number of rotatable bonds is 5. The second kappa shape index (κ2) is 10.8. The van der Waals surface area contributed by atoms with Crippen molar-refractivity contribution >= 4 is 26.8 Å². The summed E-state index contributed by atoms with van der Waals surface area (Å²) < 4.78 is 32.7. The summed E-state index contributed by atoms with van der Waals surface area (Å²) in [5.41, 5.74) is -1.22. The largest absolute Gasteiger partial charge is 0.748 e. The second-order valence-electron chi connectivity index (χ2n) is 11.1. The number of carbonyl (C=O) groups excluding carboxylic acids is 1. The number of fused-ring (bicyclic) bond motifs is 2. The highest BCUT2D eigenvalue weighted by Crippen LogP contribution is 2.64. The molecular weight excluding hydrogens is 608 g/mol. The zero-order valence-electron chi connectivity index (χ0n) is 22.8. The summed E-state index contributed by atoms with van der Waals surface area (Å²) in [7, 11) is -6.27. The standard InChI is InChI=1S/C18H14O9S.C10H16O4S/c19-7-1-10(22)16(11(23)2-7)28(17-12(24)3-8(20)4-13(17)25)18-14(26)5-9(21)6-15(18)27;1-9(2)7-3-4-10(9,8(11)5-7)6-15(12,13)14/h1-6H,(H8-,19,20,21,22,23,24,25,26,27);7H,3-6H2,1-2H3,(H,12,13,14). The minimum Gasteiger partial charge on any atom is -0.748 e. The van der Waals surface area contributed by atoms with Crippen molar-refractivity contribution in [2.24, 2.45) is 16.7 Å². The van der Waals surface area contributed by atoms with Crippen LogP contribution < -0.4 is 0 Å². The molecule has 2 bridgehead atoms. The molecule has 0 aliphatic heterocycles. The van der Waals surface area contributed by atoms with Gasteiger partial charge in [-0.1, -0.05) is 13.8 Å². The van der Waals surface area contributed by atoms with Gasteiger partial charge in [-0.3, -0.25) is 4.79 Å². The molecule has 3 aromatic rings. The maximum absolute atomic E-state index is 11.8. The van der Waals surface area contributed by atoms with Gasteiger partial charge < -0.3 is 50.5 Å². The number of phenolic OH excluding ortho intramolecular Hbond substituents is 9. The van der Waals surface area contributed by atoms with Gasteiger partial charge in [0.1, 0.15) is 33.9 Å². The molecule has 15 heteroatoms. The lowest BCUT2D eigenvalue weighted by Gasteiger charge is -2.37. The first-order chi connectivity index (χ1) is 19.8. The molecule has 2 atom stereocenters. The zero-order valence-corrected chi connectivity index (χ0v) is 24.5. The third-order valence-electron chi connectivity index (χ3n) is 8.28. The molecule has 0 spiro atoms. The minimum atomic E-state index is -4.33. The molecule has 43 heavy (non-hydrogen) atoms. The van der Waals surface area contributed by atoms with Crippen molar-refractivity contribution in [3.05, 3.63) is 36.4 Å². The molecule has 2 aliphatic rings. The lowest BCUT2D eigenvalue weighted by molar-refractivity contribution is -0.128. The van der Waals surface area contributed by atoms with Gasteiger partial charge >= 0.3 is 0 Å². The second-order valence-corrected chi connectivity index (χ2v) is 14.4. The average Bonchev–Trinajstić information content (AvgIpc) is 3.15. The number of hydrogen-bond acceptors (Lipinski definition) is 13. The minimum absolute atomic E-state index is 0.0248. The Morgan fingerprint density at radius 1 is 0.721 bits per heavy atom. The molecular formula is C28H30O13S2. The van der Waals surface area contributed by atoms with Crippen LogP contribution in [-0.2, 0) is 25.8 Å². The van der Waals surface area contributed by atoms with Crippen LogP contribution in [0.1, 0.15) is 33.1 Å². The van der Waals surface area contributed by atoms with Crippen LogP contribution in [-0.4, -0.2) is 70.5 Å². The van der Waals surface area contributed by atoms with E-state index < -0.39 is 83.9 Å². The summed E-state index contributed by atoms with van der Waals surface area (Å²) >= 11 is 0. The van der Waals surface area contributed by atoms with Crippen molar-refractivity contribution in [3.8, 4) is 51.7 Å². The molecule has 9 N–H and O–H groups in total. The molecule has 13 nitrogen and oxygen atoms in total. The van der Waals surface area contributed by atoms with Crippen molar-refractivity contribution in [3.63, 3.8) is 0 Å². The molecule has 0 amide bonds. The highest BCUT2D eigenvalue weighted by Gasteiger charge is 2.64. The Kier molecular flexibility index (Phi) is 7.97. The number of aromatic hydroxyl groups is 9. The monoisotopic (exact) mass is 638 g/mol. The van der Waals surface area contributed by atoms with Crippen LogP contribution in [0.5, 0.6) is 51.7 Å². The lowest BCUT2D eigenvalue weighted by atomic mass is 9.70. The van der Waals surface area contributed by atoms with Gasteiger partial charge in [-0.05, 0) is 24.2 Å². The quantitative estimate of drug-likeness (QED) is 0.144. The summed E-state index contributed by atoms with van der Waals surface area (Å²) in [6.45, 7) is 3.83. The maximum Gasteiger partial charge on any atom is 0.250 e. The van der Waals surface area contributed by atoms with E-state index in [9.17, 15) is 63.7 Å². The van der Waals surface area contributed by atoms with Crippen LogP contribution in [0.2, 0.25) is 0 Å². The van der Waals surface area contributed by atoms with E-state index in [4.69, 9.17) is 0 Å². The molecule has 0 saturated heterocycles. The Balaban J connectivity index is 0.000000237. The van der Waals surface area contributed by atoms with E-state index >= 15 is 0 Å². The molecule has 3 aromatic carbocycles. The van der Waals surface area contributed by atoms with Gasteiger partial charge in [0, 0.05) is 48.2 Å². The summed E-state index contributed by atoms with van der Waals surface area (Å²) in [6, 6.07) is 5.24. The van der Waals surface area contributed by atoms with Crippen molar-refractivity contribution in [1.29, 1.82) is 0 Å². The van der Waals surface area contributed by atoms with E-state index in [1.165, 1.54) is 0 Å². The van der Waals surface area contributed by atoms with Gasteiger partial charge in [-0.2, -0.15) is 0 Å². The Hall–Kier alpha value is -4.21.